The molecular formula is C12H13N3O3S. The van der Waals surface area contributed by atoms with Gasteiger partial charge >= 0.3 is 0 Å². The van der Waals surface area contributed by atoms with Gasteiger partial charge in [0.05, 0.1) is 4.92 Å². The maximum atomic E-state index is 10.7. The van der Waals surface area contributed by atoms with Crippen LogP contribution in [0.2, 0.25) is 0 Å². The molecule has 2 aromatic rings. The first kappa shape index (κ1) is 12.3. The second kappa shape index (κ2) is 4.41. The SMILES string of the molecule is CSC1(CNc2nc3cc([N+](=O)[O-])ccc3o2)CC1. The van der Waals surface area contributed by atoms with E-state index in [0.29, 0.717) is 21.9 Å². The molecule has 19 heavy (non-hydrogen) atoms. The van der Waals surface area contributed by atoms with Crippen LogP contribution in [0.15, 0.2) is 22.6 Å². The monoisotopic (exact) mass is 279 g/mol. The molecule has 1 fully saturated rings. The predicted molar refractivity (Wildman–Crippen MR) is 74.6 cm³/mol. The van der Waals surface area contributed by atoms with Gasteiger partial charge in [-0.1, -0.05) is 0 Å². The third-order valence-electron chi connectivity index (χ3n) is 3.38. The number of anilines is 1. The van der Waals surface area contributed by atoms with Crippen LogP contribution in [0.5, 0.6) is 0 Å². The molecule has 1 N–H and O–H groups in total. The molecule has 0 atom stereocenters. The van der Waals surface area contributed by atoms with Crippen molar-refractivity contribution in [2.24, 2.45) is 0 Å². The van der Waals surface area contributed by atoms with E-state index in [4.69, 9.17) is 4.42 Å². The van der Waals surface area contributed by atoms with Crippen molar-refractivity contribution in [3.05, 3.63) is 28.3 Å². The summed E-state index contributed by atoms with van der Waals surface area (Å²) in [7, 11) is 0. The fourth-order valence-corrected chi connectivity index (χ4v) is 2.66. The summed E-state index contributed by atoms with van der Waals surface area (Å²) in [6, 6.07) is 4.84. The Morgan fingerprint density at radius 2 is 2.37 bits per heavy atom. The molecule has 6 nitrogen and oxygen atoms in total. The summed E-state index contributed by atoms with van der Waals surface area (Å²) in [5, 5.41) is 13.9. The van der Waals surface area contributed by atoms with Crippen LogP contribution >= 0.6 is 11.8 Å². The van der Waals surface area contributed by atoms with Gasteiger partial charge in [-0.15, -0.1) is 0 Å². The van der Waals surface area contributed by atoms with Gasteiger partial charge in [-0.2, -0.15) is 16.7 Å². The van der Waals surface area contributed by atoms with E-state index in [1.54, 1.807) is 6.07 Å². The van der Waals surface area contributed by atoms with Gasteiger partial charge in [0, 0.05) is 23.4 Å². The molecule has 7 heteroatoms. The zero-order valence-electron chi connectivity index (χ0n) is 10.4. The number of aromatic nitrogens is 1. The van der Waals surface area contributed by atoms with Gasteiger partial charge in [0.15, 0.2) is 5.58 Å². The quantitative estimate of drug-likeness (QED) is 0.669. The summed E-state index contributed by atoms with van der Waals surface area (Å²) in [5.41, 5.74) is 1.09. The summed E-state index contributed by atoms with van der Waals surface area (Å²) in [6.45, 7) is 0.809. The number of nitrogens with one attached hydrogen (secondary N) is 1. The Morgan fingerprint density at radius 3 is 3.00 bits per heavy atom. The number of oxazole rings is 1. The molecule has 0 bridgehead atoms. The zero-order chi connectivity index (χ0) is 13.5. The molecule has 0 unspecified atom stereocenters. The van der Waals surface area contributed by atoms with Gasteiger partial charge in [0.25, 0.3) is 11.7 Å². The minimum atomic E-state index is -0.436. The molecule has 1 aromatic carbocycles. The molecule has 1 aliphatic rings. The van der Waals surface area contributed by atoms with Gasteiger partial charge < -0.3 is 9.73 Å². The second-order valence-electron chi connectivity index (χ2n) is 4.67. The van der Waals surface area contributed by atoms with Gasteiger partial charge in [-0.05, 0) is 25.2 Å². The summed E-state index contributed by atoms with van der Waals surface area (Å²) in [4.78, 5) is 14.5. The van der Waals surface area contributed by atoms with Crippen molar-refractivity contribution in [3.63, 3.8) is 0 Å². The van der Waals surface area contributed by atoms with E-state index in [-0.39, 0.29) is 5.69 Å². The lowest BCUT2D eigenvalue weighted by Crippen LogP contribution is -2.17. The molecule has 0 spiro atoms. The highest BCUT2D eigenvalue weighted by Crippen LogP contribution is 2.47. The summed E-state index contributed by atoms with van der Waals surface area (Å²) in [6.07, 6.45) is 4.50. The maximum absolute atomic E-state index is 10.7. The number of rotatable bonds is 5. The normalized spacial score (nSPS) is 16.5. The number of nitrogens with zero attached hydrogens (tertiary/aromatic N) is 2. The van der Waals surface area contributed by atoms with Gasteiger partial charge in [-0.25, -0.2) is 0 Å². The van der Waals surface area contributed by atoms with E-state index in [1.807, 2.05) is 11.8 Å². The van der Waals surface area contributed by atoms with Crippen LogP contribution < -0.4 is 5.32 Å². The van der Waals surface area contributed by atoms with Crippen molar-refractivity contribution in [3.8, 4) is 0 Å². The van der Waals surface area contributed by atoms with E-state index in [9.17, 15) is 10.1 Å². The molecular weight excluding hydrogens is 266 g/mol. The van der Waals surface area contributed by atoms with Gasteiger partial charge in [0.2, 0.25) is 0 Å². The molecule has 0 aliphatic heterocycles. The van der Waals surface area contributed by atoms with Crippen molar-refractivity contribution < 1.29 is 9.34 Å². The molecule has 1 heterocycles. The topological polar surface area (TPSA) is 81.2 Å². The van der Waals surface area contributed by atoms with E-state index >= 15 is 0 Å². The number of nitro groups is 1. The van der Waals surface area contributed by atoms with Crippen molar-refractivity contribution >= 4 is 34.6 Å². The van der Waals surface area contributed by atoms with Crippen LogP contribution in [0.25, 0.3) is 11.1 Å². The zero-order valence-corrected chi connectivity index (χ0v) is 11.2. The number of hydrogen-bond donors (Lipinski definition) is 1. The van der Waals surface area contributed by atoms with Crippen LogP contribution in [0.3, 0.4) is 0 Å². The fraction of sp³-hybridized carbons (Fsp3) is 0.417. The number of nitro benzene ring substituents is 1. The standard InChI is InChI=1S/C12H13N3O3S/c1-19-12(4-5-12)7-13-11-14-9-6-8(15(16)17)2-3-10(9)18-11/h2-3,6H,4-5,7H2,1H3,(H,13,14). The van der Waals surface area contributed by atoms with Gasteiger partial charge in [0.1, 0.15) is 5.52 Å². The Labute approximate surface area is 113 Å². The van der Waals surface area contributed by atoms with Crippen LogP contribution in [-0.4, -0.2) is 27.5 Å². The highest BCUT2D eigenvalue weighted by Gasteiger charge is 2.41. The lowest BCUT2D eigenvalue weighted by Gasteiger charge is -2.10. The van der Waals surface area contributed by atoms with E-state index in [2.05, 4.69) is 16.6 Å². The molecule has 0 saturated heterocycles. The molecule has 1 saturated carbocycles. The Hall–Kier alpha value is -1.76. The fourth-order valence-electron chi connectivity index (χ4n) is 1.93. The minimum absolute atomic E-state index is 0.0233. The summed E-state index contributed by atoms with van der Waals surface area (Å²) in [5.74, 6) is 0. The molecule has 3 rings (SSSR count). The Kier molecular flexibility index (Phi) is 2.85. The number of non-ortho nitro benzene ring substituents is 1. The number of hydrogen-bond acceptors (Lipinski definition) is 6. The third-order valence-corrected chi connectivity index (χ3v) is 4.80. The lowest BCUT2D eigenvalue weighted by atomic mass is 10.3. The first-order valence-corrected chi connectivity index (χ1v) is 7.18. The van der Waals surface area contributed by atoms with Crippen LogP contribution in [0, 0.1) is 10.1 Å². The van der Waals surface area contributed by atoms with Crippen molar-refractivity contribution in [1.82, 2.24) is 4.98 Å². The minimum Gasteiger partial charge on any atom is -0.424 e. The van der Waals surface area contributed by atoms with E-state index < -0.39 is 4.92 Å². The summed E-state index contributed by atoms with van der Waals surface area (Å²) >= 11 is 1.85. The maximum Gasteiger partial charge on any atom is 0.295 e. The highest BCUT2D eigenvalue weighted by molar-refractivity contribution is 8.00. The Bertz CT molecular complexity index is 636. The number of fused-ring (bicyclic) bond motifs is 1. The summed E-state index contributed by atoms with van der Waals surface area (Å²) < 4.78 is 5.83. The van der Waals surface area contributed by atoms with Crippen molar-refractivity contribution in [2.75, 3.05) is 18.1 Å². The van der Waals surface area contributed by atoms with Crippen molar-refractivity contribution in [2.45, 2.75) is 17.6 Å². The second-order valence-corrected chi connectivity index (χ2v) is 5.94. The Balaban J connectivity index is 1.79. The first-order valence-electron chi connectivity index (χ1n) is 5.96. The number of thioether (sulfide) groups is 1. The third kappa shape index (κ3) is 2.37. The highest BCUT2D eigenvalue weighted by atomic mass is 32.2. The molecule has 0 radical (unpaired) electrons. The smallest absolute Gasteiger partial charge is 0.295 e. The van der Waals surface area contributed by atoms with Crippen molar-refractivity contribution in [1.29, 1.82) is 0 Å². The predicted octanol–water partition coefficient (Wildman–Crippen LogP) is 3.04. The molecule has 0 amide bonds. The molecule has 1 aliphatic carbocycles. The lowest BCUT2D eigenvalue weighted by molar-refractivity contribution is -0.384. The largest absolute Gasteiger partial charge is 0.424 e. The molecule has 1 aromatic heterocycles. The Morgan fingerprint density at radius 1 is 1.58 bits per heavy atom. The number of benzene rings is 1. The average molecular weight is 279 g/mol. The van der Waals surface area contributed by atoms with Crippen LogP contribution in [0.1, 0.15) is 12.8 Å². The molecule has 100 valence electrons. The van der Waals surface area contributed by atoms with E-state index in [1.165, 1.54) is 25.0 Å². The van der Waals surface area contributed by atoms with E-state index in [0.717, 1.165) is 6.54 Å². The van der Waals surface area contributed by atoms with Crippen LogP contribution in [-0.2, 0) is 0 Å². The first-order chi connectivity index (χ1) is 9.12. The average Bonchev–Trinajstić information content (AvgIpc) is 3.07. The van der Waals surface area contributed by atoms with Gasteiger partial charge in [-0.3, -0.25) is 10.1 Å². The van der Waals surface area contributed by atoms with Crippen LogP contribution in [0.4, 0.5) is 11.7 Å².